The van der Waals surface area contributed by atoms with Crippen LogP contribution in [0, 0.1) is 0 Å². The molecule has 0 spiro atoms. The molecule has 1 unspecified atom stereocenters. The third kappa shape index (κ3) is 2.55. The van der Waals surface area contributed by atoms with Crippen molar-refractivity contribution in [3.8, 4) is 5.75 Å². The Morgan fingerprint density at radius 2 is 2.00 bits per heavy atom. The molecule has 1 atom stereocenters. The average Bonchev–Trinajstić information content (AvgIpc) is 2.17. The molecule has 15 heavy (non-hydrogen) atoms. The Morgan fingerprint density at radius 3 is 2.47 bits per heavy atom. The Morgan fingerprint density at radius 1 is 1.40 bits per heavy atom. The van der Waals surface area contributed by atoms with E-state index in [-0.39, 0.29) is 0 Å². The predicted molar refractivity (Wildman–Crippen MR) is 57.0 cm³/mol. The zero-order valence-electron chi connectivity index (χ0n) is 9.16. The molecule has 0 fully saturated rings. The van der Waals surface area contributed by atoms with Crippen LogP contribution < -0.4 is 4.74 Å². The second kappa shape index (κ2) is 4.43. The number of benzene rings is 1. The Hall–Kier alpha value is -1.38. The van der Waals surface area contributed by atoms with Gasteiger partial charge in [-0.25, -0.2) is 4.39 Å². The van der Waals surface area contributed by atoms with Crippen LogP contribution in [-0.4, -0.2) is 19.1 Å². The van der Waals surface area contributed by atoms with Gasteiger partial charge < -0.3 is 9.53 Å². The molecule has 1 aromatic carbocycles. The van der Waals surface area contributed by atoms with Crippen LogP contribution in [0.2, 0.25) is 0 Å². The van der Waals surface area contributed by atoms with Crippen LogP contribution in [0.25, 0.3) is 0 Å². The summed E-state index contributed by atoms with van der Waals surface area (Å²) in [6.07, 6.45) is 0.623. The molecule has 0 radical (unpaired) electrons. The van der Waals surface area contributed by atoms with Crippen molar-refractivity contribution < 1.29 is 13.9 Å². The largest absolute Gasteiger partial charge is 0.496 e. The summed E-state index contributed by atoms with van der Waals surface area (Å²) in [4.78, 5) is 10.9. The summed E-state index contributed by atoms with van der Waals surface area (Å²) in [6, 6.07) is 6.98. The predicted octanol–water partition coefficient (Wildman–Crippen LogP) is 2.73. The maximum Gasteiger partial charge on any atom is 0.130 e. The number of para-hydroxylation sites is 1. The molecule has 0 aliphatic carbocycles. The Bertz CT molecular complexity index is 342. The van der Waals surface area contributed by atoms with E-state index in [4.69, 9.17) is 4.74 Å². The van der Waals surface area contributed by atoms with Crippen molar-refractivity contribution >= 4 is 6.29 Å². The normalized spacial score (nSPS) is 13.3. The van der Waals surface area contributed by atoms with Crippen molar-refractivity contribution in [2.75, 3.05) is 7.11 Å². The van der Waals surface area contributed by atoms with Crippen LogP contribution >= 0.6 is 0 Å². The summed E-state index contributed by atoms with van der Waals surface area (Å²) in [5.74, 6) is -0.256. The average molecular weight is 210 g/mol. The highest BCUT2D eigenvalue weighted by molar-refractivity contribution is 5.66. The molecule has 82 valence electrons. The van der Waals surface area contributed by atoms with Crippen LogP contribution in [0.15, 0.2) is 24.3 Å². The lowest BCUT2D eigenvalue weighted by molar-refractivity contribution is -0.111. The Labute approximate surface area is 89.1 Å². The number of carbonyl (C=O) groups excluding carboxylic acids is 1. The van der Waals surface area contributed by atoms with E-state index < -0.39 is 11.6 Å². The first kappa shape index (κ1) is 11.7. The summed E-state index contributed by atoms with van der Waals surface area (Å²) < 4.78 is 18.9. The van der Waals surface area contributed by atoms with Crippen molar-refractivity contribution in [1.29, 1.82) is 0 Å². The van der Waals surface area contributed by atoms with Gasteiger partial charge in [-0.3, -0.25) is 0 Å². The van der Waals surface area contributed by atoms with Gasteiger partial charge in [0, 0.05) is 5.56 Å². The highest BCUT2D eigenvalue weighted by Crippen LogP contribution is 2.34. The van der Waals surface area contributed by atoms with Gasteiger partial charge in [0.25, 0.3) is 0 Å². The minimum Gasteiger partial charge on any atom is -0.496 e. The number of alkyl halides is 1. The standard InChI is InChI=1S/C12H15FO2/c1-12(2,13)10(8-14)9-6-4-5-7-11(9)15-3/h4-8,10H,1-3H3. The Balaban J connectivity index is 3.18. The summed E-state index contributed by atoms with van der Waals surface area (Å²) >= 11 is 0. The molecule has 3 heteroatoms. The zero-order valence-corrected chi connectivity index (χ0v) is 9.16. The maximum atomic E-state index is 13.8. The minimum absolute atomic E-state index is 0.542. The summed E-state index contributed by atoms with van der Waals surface area (Å²) in [6.45, 7) is 2.77. The molecular weight excluding hydrogens is 195 g/mol. The number of ether oxygens (including phenoxy) is 1. The second-order valence-electron chi connectivity index (χ2n) is 3.92. The van der Waals surface area contributed by atoms with Crippen LogP contribution in [-0.2, 0) is 4.79 Å². The third-order valence-corrected chi connectivity index (χ3v) is 2.35. The molecule has 0 aliphatic rings. The van der Waals surface area contributed by atoms with E-state index in [1.54, 1.807) is 24.3 Å². The SMILES string of the molecule is COc1ccccc1C(C=O)C(C)(C)F. The van der Waals surface area contributed by atoms with Gasteiger partial charge in [-0.15, -0.1) is 0 Å². The lowest BCUT2D eigenvalue weighted by atomic mass is 9.87. The zero-order chi connectivity index (χ0) is 11.5. The molecule has 0 heterocycles. The van der Waals surface area contributed by atoms with E-state index in [0.717, 1.165) is 0 Å². The van der Waals surface area contributed by atoms with Gasteiger partial charge in [0.2, 0.25) is 0 Å². The van der Waals surface area contributed by atoms with E-state index in [2.05, 4.69) is 0 Å². The van der Waals surface area contributed by atoms with Crippen molar-refractivity contribution in [2.24, 2.45) is 0 Å². The lowest BCUT2D eigenvalue weighted by Gasteiger charge is -2.23. The van der Waals surface area contributed by atoms with E-state index in [0.29, 0.717) is 17.6 Å². The van der Waals surface area contributed by atoms with E-state index >= 15 is 0 Å². The number of carbonyl (C=O) groups is 1. The van der Waals surface area contributed by atoms with Crippen LogP contribution in [0.1, 0.15) is 25.3 Å². The molecule has 0 aromatic heterocycles. The van der Waals surface area contributed by atoms with E-state index in [1.165, 1.54) is 21.0 Å². The minimum atomic E-state index is -1.59. The van der Waals surface area contributed by atoms with Gasteiger partial charge in [-0.1, -0.05) is 18.2 Å². The van der Waals surface area contributed by atoms with Gasteiger partial charge in [0.1, 0.15) is 17.7 Å². The van der Waals surface area contributed by atoms with Crippen molar-refractivity contribution in [2.45, 2.75) is 25.4 Å². The second-order valence-corrected chi connectivity index (χ2v) is 3.92. The molecule has 0 saturated heterocycles. The number of hydrogen-bond donors (Lipinski definition) is 0. The van der Waals surface area contributed by atoms with E-state index in [9.17, 15) is 9.18 Å². The van der Waals surface area contributed by atoms with Gasteiger partial charge in [0.05, 0.1) is 13.0 Å². The summed E-state index contributed by atoms with van der Waals surface area (Å²) in [7, 11) is 1.51. The highest BCUT2D eigenvalue weighted by Gasteiger charge is 2.32. The Kier molecular flexibility index (Phi) is 3.45. The number of methoxy groups -OCH3 is 1. The van der Waals surface area contributed by atoms with Gasteiger partial charge >= 0.3 is 0 Å². The fourth-order valence-corrected chi connectivity index (χ4v) is 1.53. The van der Waals surface area contributed by atoms with Gasteiger partial charge in [-0.2, -0.15) is 0 Å². The first-order valence-electron chi connectivity index (χ1n) is 4.78. The topological polar surface area (TPSA) is 26.3 Å². The number of rotatable bonds is 4. The first-order chi connectivity index (χ1) is 7.00. The van der Waals surface area contributed by atoms with Crippen LogP contribution in [0.4, 0.5) is 4.39 Å². The number of aldehydes is 1. The summed E-state index contributed by atoms with van der Waals surface area (Å²) in [5.41, 5.74) is -1.00. The van der Waals surface area contributed by atoms with Gasteiger partial charge in [0.15, 0.2) is 0 Å². The van der Waals surface area contributed by atoms with Crippen molar-refractivity contribution in [3.05, 3.63) is 29.8 Å². The number of hydrogen-bond acceptors (Lipinski definition) is 2. The van der Waals surface area contributed by atoms with E-state index in [1.807, 2.05) is 0 Å². The summed E-state index contributed by atoms with van der Waals surface area (Å²) in [5, 5.41) is 0. The maximum absolute atomic E-state index is 13.8. The molecular formula is C12H15FO2. The fraction of sp³-hybridized carbons (Fsp3) is 0.417. The third-order valence-electron chi connectivity index (χ3n) is 2.35. The van der Waals surface area contributed by atoms with Crippen LogP contribution in [0.3, 0.4) is 0 Å². The number of halogens is 1. The van der Waals surface area contributed by atoms with Gasteiger partial charge in [-0.05, 0) is 19.9 Å². The molecule has 0 aliphatic heterocycles. The fourth-order valence-electron chi connectivity index (χ4n) is 1.53. The monoisotopic (exact) mass is 210 g/mol. The van der Waals surface area contributed by atoms with Crippen LogP contribution in [0.5, 0.6) is 5.75 Å². The molecule has 1 aromatic rings. The molecule has 0 saturated carbocycles. The molecule has 1 rings (SSSR count). The molecule has 2 nitrogen and oxygen atoms in total. The smallest absolute Gasteiger partial charge is 0.130 e. The van der Waals surface area contributed by atoms with Crippen molar-refractivity contribution in [3.63, 3.8) is 0 Å². The highest BCUT2D eigenvalue weighted by atomic mass is 19.1. The molecule has 0 bridgehead atoms. The molecule has 0 amide bonds. The van der Waals surface area contributed by atoms with Crippen molar-refractivity contribution in [1.82, 2.24) is 0 Å². The molecule has 0 N–H and O–H groups in total. The quantitative estimate of drug-likeness (QED) is 0.714. The first-order valence-corrected chi connectivity index (χ1v) is 4.78. The lowest BCUT2D eigenvalue weighted by Crippen LogP contribution is -2.25.